The molecule has 0 radical (unpaired) electrons. The lowest BCUT2D eigenvalue weighted by Crippen LogP contribution is -2.33. The summed E-state index contributed by atoms with van der Waals surface area (Å²) < 4.78 is 28.9. The minimum absolute atomic E-state index is 0.0142. The standard InChI is InChI=1S/C13H17ClO3S/c1-18(15,16)13-4-2-3-12(9-13)17-11-7-5-10(14)6-8-11/h5-8,12-13H,2-4,9H2,1H3. The molecule has 2 rings (SSSR count). The first-order chi connectivity index (χ1) is 8.45. The minimum Gasteiger partial charge on any atom is -0.490 e. The molecule has 2 atom stereocenters. The highest BCUT2D eigenvalue weighted by Gasteiger charge is 2.29. The van der Waals surface area contributed by atoms with Gasteiger partial charge in [0.05, 0.1) is 11.4 Å². The maximum Gasteiger partial charge on any atom is 0.150 e. The van der Waals surface area contributed by atoms with E-state index < -0.39 is 9.84 Å². The van der Waals surface area contributed by atoms with E-state index in [1.54, 1.807) is 12.1 Å². The van der Waals surface area contributed by atoms with E-state index in [0.29, 0.717) is 11.4 Å². The summed E-state index contributed by atoms with van der Waals surface area (Å²) in [6, 6.07) is 7.17. The van der Waals surface area contributed by atoms with Crippen LogP contribution in [0.5, 0.6) is 5.75 Å². The molecule has 0 aliphatic heterocycles. The number of halogens is 1. The van der Waals surface area contributed by atoms with Crippen molar-refractivity contribution in [1.82, 2.24) is 0 Å². The van der Waals surface area contributed by atoms with E-state index in [4.69, 9.17) is 16.3 Å². The van der Waals surface area contributed by atoms with Gasteiger partial charge in [-0.05, 0) is 43.5 Å². The summed E-state index contributed by atoms with van der Waals surface area (Å²) in [6.07, 6.45) is 4.44. The number of rotatable bonds is 3. The molecule has 0 amide bonds. The van der Waals surface area contributed by atoms with E-state index in [1.807, 2.05) is 12.1 Å². The Balaban J connectivity index is 2.00. The normalized spacial score (nSPS) is 24.8. The van der Waals surface area contributed by atoms with E-state index in [1.165, 1.54) is 6.26 Å². The van der Waals surface area contributed by atoms with E-state index in [0.717, 1.165) is 25.0 Å². The van der Waals surface area contributed by atoms with Crippen LogP contribution in [0.4, 0.5) is 0 Å². The smallest absolute Gasteiger partial charge is 0.150 e. The molecule has 0 spiro atoms. The second-order valence-corrected chi connectivity index (χ2v) is 7.57. The minimum atomic E-state index is -2.96. The molecule has 1 fully saturated rings. The van der Waals surface area contributed by atoms with Crippen molar-refractivity contribution in [2.45, 2.75) is 37.0 Å². The first kappa shape index (κ1) is 13.7. The fourth-order valence-corrected chi connectivity index (χ4v) is 3.59. The van der Waals surface area contributed by atoms with Crippen LogP contribution in [0.1, 0.15) is 25.7 Å². The van der Waals surface area contributed by atoms with Crippen LogP contribution < -0.4 is 4.74 Å². The quantitative estimate of drug-likeness (QED) is 0.858. The summed E-state index contributed by atoms with van der Waals surface area (Å²) in [4.78, 5) is 0. The zero-order valence-electron chi connectivity index (χ0n) is 10.3. The lowest BCUT2D eigenvalue weighted by Gasteiger charge is -2.28. The lowest BCUT2D eigenvalue weighted by atomic mass is 9.97. The van der Waals surface area contributed by atoms with Crippen molar-refractivity contribution in [3.8, 4) is 5.75 Å². The number of hydrogen-bond donors (Lipinski definition) is 0. The maximum atomic E-state index is 11.6. The number of hydrogen-bond acceptors (Lipinski definition) is 3. The second-order valence-electron chi connectivity index (χ2n) is 4.81. The van der Waals surface area contributed by atoms with Gasteiger partial charge < -0.3 is 4.74 Å². The van der Waals surface area contributed by atoms with Gasteiger partial charge in [0.2, 0.25) is 0 Å². The molecule has 1 aromatic rings. The zero-order chi connectivity index (χ0) is 13.2. The zero-order valence-corrected chi connectivity index (χ0v) is 11.9. The molecule has 5 heteroatoms. The molecule has 1 saturated carbocycles. The number of benzene rings is 1. The van der Waals surface area contributed by atoms with Crippen LogP contribution in [0.15, 0.2) is 24.3 Å². The van der Waals surface area contributed by atoms with Gasteiger partial charge in [0.1, 0.15) is 15.6 Å². The molecule has 3 nitrogen and oxygen atoms in total. The van der Waals surface area contributed by atoms with Crippen molar-refractivity contribution in [3.05, 3.63) is 29.3 Å². The van der Waals surface area contributed by atoms with Gasteiger partial charge in [0, 0.05) is 17.7 Å². The molecular weight excluding hydrogens is 272 g/mol. The third kappa shape index (κ3) is 3.62. The van der Waals surface area contributed by atoms with E-state index in [9.17, 15) is 8.42 Å². The van der Waals surface area contributed by atoms with Crippen molar-refractivity contribution in [3.63, 3.8) is 0 Å². The Labute approximate surface area is 113 Å². The SMILES string of the molecule is CS(=O)(=O)C1CCCC(Oc2ccc(Cl)cc2)C1. The fraction of sp³-hybridized carbons (Fsp3) is 0.538. The Bertz CT molecular complexity index is 495. The molecule has 1 aliphatic carbocycles. The highest BCUT2D eigenvalue weighted by molar-refractivity contribution is 7.91. The van der Waals surface area contributed by atoms with Crippen LogP contribution in [0, 0.1) is 0 Å². The van der Waals surface area contributed by atoms with Crippen molar-refractivity contribution in [2.24, 2.45) is 0 Å². The molecule has 0 aromatic heterocycles. The fourth-order valence-electron chi connectivity index (χ4n) is 2.30. The van der Waals surface area contributed by atoms with Crippen molar-refractivity contribution < 1.29 is 13.2 Å². The average Bonchev–Trinajstić information content (AvgIpc) is 2.31. The Morgan fingerprint density at radius 1 is 1.22 bits per heavy atom. The molecular formula is C13H17ClO3S. The van der Waals surface area contributed by atoms with Gasteiger partial charge in [-0.3, -0.25) is 0 Å². The predicted octanol–water partition coefficient (Wildman–Crippen LogP) is 3.07. The monoisotopic (exact) mass is 288 g/mol. The first-order valence-corrected chi connectivity index (χ1v) is 8.39. The molecule has 0 saturated heterocycles. The van der Waals surface area contributed by atoms with Gasteiger partial charge in [-0.15, -0.1) is 0 Å². The van der Waals surface area contributed by atoms with Crippen molar-refractivity contribution >= 4 is 21.4 Å². The van der Waals surface area contributed by atoms with E-state index in [-0.39, 0.29) is 11.4 Å². The Kier molecular flexibility index (Phi) is 4.17. The third-order valence-corrected chi connectivity index (χ3v) is 5.19. The molecule has 100 valence electrons. The number of ether oxygens (including phenoxy) is 1. The van der Waals surface area contributed by atoms with Gasteiger partial charge in [-0.25, -0.2) is 8.42 Å². The van der Waals surface area contributed by atoms with Crippen LogP contribution in [-0.4, -0.2) is 26.0 Å². The topological polar surface area (TPSA) is 43.4 Å². The van der Waals surface area contributed by atoms with Crippen molar-refractivity contribution in [1.29, 1.82) is 0 Å². The highest BCUT2D eigenvalue weighted by Crippen LogP contribution is 2.27. The van der Waals surface area contributed by atoms with Crippen LogP contribution in [-0.2, 0) is 9.84 Å². The molecule has 2 unspecified atom stereocenters. The maximum absolute atomic E-state index is 11.6. The third-order valence-electron chi connectivity index (χ3n) is 3.30. The summed E-state index contributed by atoms with van der Waals surface area (Å²) in [6.45, 7) is 0. The number of sulfone groups is 1. The van der Waals surface area contributed by atoms with Gasteiger partial charge >= 0.3 is 0 Å². The Hall–Kier alpha value is -0.740. The summed E-state index contributed by atoms with van der Waals surface area (Å²) >= 11 is 5.80. The average molecular weight is 289 g/mol. The van der Waals surface area contributed by atoms with E-state index in [2.05, 4.69) is 0 Å². The Morgan fingerprint density at radius 2 is 1.89 bits per heavy atom. The van der Waals surface area contributed by atoms with Gasteiger partial charge in [0.25, 0.3) is 0 Å². The van der Waals surface area contributed by atoms with Gasteiger partial charge in [0.15, 0.2) is 0 Å². The van der Waals surface area contributed by atoms with Crippen molar-refractivity contribution in [2.75, 3.05) is 6.26 Å². The van der Waals surface area contributed by atoms with E-state index >= 15 is 0 Å². The van der Waals surface area contributed by atoms with Gasteiger partial charge in [-0.1, -0.05) is 11.6 Å². The molecule has 18 heavy (non-hydrogen) atoms. The van der Waals surface area contributed by atoms with Crippen LogP contribution in [0.2, 0.25) is 5.02 Å². The van der Waals surface area contributed by atoms with Crippen LogP contribution in [0.3, 0.4) is 0 Å². The summed E-state index contributed by atoms with van der Waals surface area (Å²) in [5.74, 6) is 0.749. The summed E-state index contributed by atoms with van der Waals surface area (Å²) in [5, 5.41) is 0.406. The second kappa shape index (κ2) is 5.49. The van der Waals surface area contributed by atoms with Gasteiger partial charge in [-0.2, -0.15) is 0 Å². The molecule has 1 aliphatic rings. The molecule has 0 heterocycles. The first-order valence-electron chi connectivity index (χ1n) is 6.06. The summed E-state index contributed by atoms with van der Waals surface area (Å²) in [5.41, 5.74) is 0. The lowest BCUT2D eigenvalue weighted by molar-refractivity contribution is 0.156. The molecule has 1 aromatic carbocycles. The van der Waals surface area contributed by atoms with Crippen LogP contribution in [0.25, 0.3) is 0 Å². The summed E-state index contributed by atoms with van der Waals surface area (Å²) in [7, 11) is -2.96. The highest BCUT2D eigenvalue weighted by atomic mass is 35.5. The molecule has 0 N–H and O–H groups in total. The Morgan fingerprint density at radius 3 is 2.50 bits per heavy atom. The largest absolute Gasteiger partial charge is 0.490 e. The molecule has 0 bridgehead atoms. The van der Waals surface area contributed by atoms with Crippen LogP contribution >= 0.6 is 11.6 Å². The predicted molar refractivity (Wildman–Crippen MR) is 73.0 cm³/mol.